The summed E-state index contributed by atoms with van der Waals surface area (Å²) >= 11 is 0. The van der Waals surface area contributed by atoms with E-state index < -0.39 is 0 Å². The van der Waals surface area contributed by atoms with E-state index in [4.69, 9.17) is 0 Å². The molecule has 0 spiro atoms. The molecule has 2 nitrogen and oxygen atoms in total. The van der Waals surface area contributed by atoms with Gasteiger partial charge in [0, 0.05) is 38.3 Å². The van der Waals surface area contributed by atoms with E-state index in [1.807, 2.05) is 0 Å². The Morgan fingerprint density at radius 2 is 0.717 bits per heavy atom. The molecule has 1 fully saturated rings. The molecule has 2 heterocycles. The van der Waals surface area contributed by atoms with Crippen molar-refractivity contribution < 1.29 is 0 Å². The number of benzene rings is 6. The lowest BCUT2D eigenvalue weighted by molar-refractivity contribution is 0.167. The van der Waals surface area contributed by atoms with Gasteiger partial charge in [0.2, 0.25) is 0 Å². The number of hydrogen-bond acceptors (Lipinski definition) is 0. The van der Waals surface area contributed by atoms with Crippen LogP contribution in [0.5, 0.6) is 0 Å². The molecule has 2 aromatic heterocycles. The number of aromatic nitrogens is 2. The molecule has 1 saturated carbocycles. The van der Waals surface area contributed by atoms with Crippen LogP contribution in [-0.4, -0.2) is 9.13 Å². The van der Waals surface area contributed by atoms with Crippen molar-refractivity contribution in [2.45, 2.75) is 38.5 Å². The van der Waals surface area contributed by atoms with E-state index in [-0.39, 0.29) is 5.41 Å². The van der Waals surface area contributed by atoms with Gasteiger partial charge in [0.25, 0.3) is 0 Å². The van der Waals surface area contributed by atoms with E-state index in [0.717, 1.165) is 0 Å². The van der Waals surface area contributed by atoms with Gasteiger partial charge in [0.1, 0.15) is 0 Å². The third-order valence-electron chi connectivity index (χ3n) is 11.2. The molecule has 9 rings (SSSR count). The first-order valence-corrected chi connectivity index (χ1v) is 16.8. The van der Waals surface area contributed by atoms with Gasteiger partial charge < -0.3 is 9.13 Å². The highest BCUT2D eigenvalue weighted by Crippen LogP contribution is 2.52. The Morgan fingerprint density at radius 3 is 1.04 bits per heavy atom. The maximum Gasteiger partial charge on any atom is 0.0541 e. The molecule has 0 radical (unpaired) electrons. The Labute approximate surface area is 270 Å². The van der Waals surface area contributed by atoms with Crippen LogP contribution in [0.3, 0.4) is 0 Å². The summed E-state index contributed by atoms with van der Waals surface area (Å²) in [7, 11) is 0. The Hall–Kier alpha value is -5.08. The first-order chi connectivity index (χ1) is 22.7. The summed E-state index contributed by atoms with van der Waals surface area (Å²) in [4.78, 5) is 0. The predicted molar refractivity (Wildman–Crippen MR) is 195 cm³/mol. The zero-order valence-electron chi connectivity index (χ0n) is 26.5. The second kappa shape index (κ2) is 10.5. The highest BCUT2D eigenvalue weighted by atomic mass is 15.0. The van der Waals surface area contributed by atoms with E-state index in [0.29, 0.717) is 11.8 Å². The fraction of sp³-hybridized carbons (Fsp3) is 0.182. The summed E-state index contributed by atoms with van der Waals surface area (Å²) in [6, 6.07) is 54.3. The van der Waals surface area contributed by atoms with Gasteiger partial charge in [-0.15, -0.1) is 0 Å². The molecule has 2 heteroatoms. The third kappa shape index (κ3) is 3.83. The third-order valence-corrected chi connectivity index (χ3v) is 11.2. The second-order valence-corrected chi connectivity index (χ2v) is 13.4. The van der Waals surface area contributed by atoms with Crippen LogP contribution in [-0.2, 0) is 5.41 Å². The lowest BCUT2D eigenvalue weighted by Gasteiger charge is -2.49. The van der Waals surface area contributed by atoms with Gasteiger partial charge in [0.05, 0.1) is 22.1 Å². The van der Waals surface area contributed by atoms with Crippen molar-refractivity contribution in [3.63, 3.8) is 0 Å². The number of fused-ring (bicyclic) bond motifs is 6. The van der Waals surface area contributed by atoms with Crippen molar-refractivity contribution in [1.29, 1.82) is 0 Å². The fourth-order valence-corrected chi connectivity index (χ4v) is 9.15. The maximum absolute atomic E-state index is 2.48. The van der Waals surface area contributed by atoms with Gasteiger partial charge in [-0.2, -0.15) is 0 Å². The minimum atomic E-state index is -0.0447. The molecule has 2 unspecified atom stereocenters. The van der Waals surface area contributed by atoms with E-state index in [1.54, 1.807) is 0 Å². The summed E-state index contributed by atoms with van der Waals surface area (Å²) < 4.78 is 4.85. The van der Waals surface area contributed by atoms with Crippen LogP contribution < -0.4 is 0 Å². The normalized spacial score (nSPS) is 18.1. The smallest absolute Gasteiger partial charge is 0.0541 e. The quantitative estimate of drug-likeness (QED) is 0.192. The van der Waals surface area contributed by atoms with Crippen LogP contribution in [0.25, 0.3) is 55.0 Å². The summed E-state index contributed by atoms with van der Waals surface area (Å²) in [5, 5.41) is 5.21. The highest BCUT2D eigenvalue weighted by molar-refractivity contribution is 6.10. The van der Waals surface area contributed by atoms with Crippen LogP contribution in [0, 0.1) is 11.8 Å². The number of hydrogen-bond donors (Lipinski definition) is 0. The summed E-state index contributed by atoms with van der Waals surface area (Å²) in [5.41, 5.74) is 10.3. The summed E-state index contributed by atoms with van der Waals surface area (Å²) in [6.07, 6.45) is 3.78. The van der Waals surface area contributed by atoms with Crippen molar-refractivity contribution in [1.82, 2.24) is 9.13 Å². The molecule has 224 valence electrons. The van der Waals surface area contributed by atoms with Crippen LogP contribution >= 0.6 is 0 Å². The van der Waals surface area contributed by atoms with Gasteiger partial charge in [-0.3, -0.25) is 0 Å². The molecule has 0 aliphatic heterocycles. The standard InChI is InChI=1S/C44H38N2/c1-30-12-11-13-31(2)44(30,32-22-26-34(27-23-32)45-40-18-7-3-14-36(40)37-15-4-8-19-41(37)45)33-24-28-35(29-25-33)46-42-20-9-5-16-38(42)39-17-6-10-21-43(39)46/h3-10,14-31H,11-13H2,1-2H3. The molecule has 6 aromatic carbocycles. The monoisotopic (exact) mass is 594 g/mol. The average Bonchev–Trinajstić information content (AvgIpc) is 3.62. The van der Waals surface area contributed by atoms with Crippen molar-refractivity contribution in [2.24, 2.45) is 11.8 Å². The maximum atomic E-state index is 2.48. The van der Waals surface area contributed by atoms with E-state index in [9.17, 15) is 0 Å². The number of nitrogens with zero attached hydrogens (tertiary/aromatic N) is 2. The molecule has 0 bridgehead atoms. The summed E-state index contributed by atoms with van der Waals surface area (Å²) in [6.45, 7) is 4.97. The molecular weight excluding hydrogens is 556 g/mol. The van der Waals surface area contributed by atoms with Crippen molar-refractivity contribution in [3.05, 3.63) is 157 Å². The van der Waals surface area contributed by atoms with E-state index >= 15 is 0 Å². The minimum Gasteiger partial charge on any atom is -0.309 e. The van der Waals surface area contributed by atoms with Crippen molar-refractivity contribution >= 4 is 43.6 Å². The van der Waals surface area contributed by atoms with Gasteiger partial charge in [-0.05, 0) is 84.3 Å². The Balaban J connectivity index is 1.18. The SMILES string of the molecule is CC1CCCC(C)C1(c1ccc(-n2c3ccccc3c3ccccc32)cc1)c1ccc(-n2c3ccccc3c3ccccc32)cc1. The zero-order chi connectivity index (χ0) is 30.8. The highest BCUT2D eigenvalue weighted by Gasteiger charge is 2.46. The Kier molecular flexibility index (Phi) is 6.21. The number of para-hydroxylation sites is 4. The summed E-state index contributed by atoms with van der Waals surface area (Å²) in [5.74, 6) is 1.07. The minimum absolute atomic E-state index is 0.0447. The lowest BCUT2D eigenvalue weighted by Crippen LogP contribution is -2.44. The number of rotatable bonds is 4. The molecule has 0 amide bonds. The predicted octanol–water partition coefficient (Wildman–Crippen LogP) is 11.6. The largest absolute Gasteiger partial charge is 0.309 e. The first-order valence-electron chi connectivity index (χ1n) is 16.8. The van der Waals surface area contributed by atoms with Crippen molar-refractivity contribution in [2.75, 3.05) is 0 Å². The molecule has 1 aliphatic rings. The molecule has 2 atom stereocenters. The molecule has 1 aliphatic carbocycles. The molecule has 46 heavy (non-hydrogen) atoms. The first kappa shape index (κ1) is 27.2. The second-order valence-electron chi connectivity index (χ2n) is 13.4. The van der Waals surface area contributed by atoms with Crippen LogP contribution in [0.15, 0.2) is 146 Å². The molecule has 0 N–H and O–H groups in total. The van der Waals surface area contributed by atoms with E-state index in [1.165, 1.54) is 85.4 Å². The average molecular weight is 595 g/mol. The van der Waals surface area contributed by atoms with Gasteiger partial charge in [-0.1, -0.05) is 117 Å². The van der Waals surface area contributed by atoms with E-state index in [2.05, 4.69) is 169 Å². The fourth-order valence-electron chi connectivity index (χ4n) is 9.15. The van der Waals surface area contributed by atoms with Gasteiger partial charge in [0.15, 0.2) is 0 Å². The lowest BCUT2D eigenvalue weighted by atomic mass is 9.55. The topological polar surface area (TPSA) is 9.86 Å². The van der Waals surface area contributed by atoms with Gasteiger partial charge >= 0.3 is 0 Å². The Morgan fingerprint density at radius 1 is 0.413 bits per heavy atom. The molecule has 0 saturated heterocycles. The molecule has 8 aromatic rings. The molecular formula is C44H38N2. The van der Waals surface area contributed by atoms with Crippen LogP contribution in [0.1, 0.15) is 44.2 Å². The van der Waals surface area contributed by atoms with Crippen molar-refractivity contribution in [3.8, 4) is 11.4 Å². The van der Waals surface area contributed by atoms with Crippen LogP contribution in [0.4, 0.5) is 0 Å². The van der Waals surface area contributed by atoms with Crippen LogP contribution in [0.2, 0.25) is 0 Å². The Bertz CT molecular complexity index is 2090. The zero-order valence-corrected chi connectivity index (χ0v) is 26.5. The van der Waals surface area contributed by atoms with Gasteiger partial charge in [-0.25, -0.2) is 0 Å².